The Hall–Kier alpha value is -0.170. The van der Waals surface area contributed by atoms with Crippen LogP contribution in [0.25, 0.3) is 0 Å². The van der Waals surface area contributed by atoms with Crippen LogP contribution in [0.5, 0.6) is 0 Å². The molecule has 116 valence electrons. The summed E-state index contributed by atoms with van der Waals surface area (Å²) in [7, 11) is -3.34. The SMILES string of the molecule is Cc1ccc(S(=O)(=O)N2CCC[C@H]2C2CSCCS2)cc1. The van der Waals surface area contributed by atoms with E-state index in [0.29, 0.717) is 16.7 Å². The van der Waals surface area contributed by atoms with Gasteiger partial charge in [-0.05, 0) is 31.9 Å². The van der Waals surface area contributed by atoms with Gasteiger partial charge in [-0.2, -0.15) is 27.8 Å². The zero-order valence-corrected chi connectivity index (χ0v) is 14.6. The van der Waals surface area contributed by atoms with Crippen molar-refractivity contribution in [3.63, 3.8) is 0 Å². The number of sulfonamides is 1. The van der Waals surface area contributed by atoms with Crippen LogP contribution in [-0.2, 0) is 10.0 Å². The predicted octanol–water partition coefficient (Wildman–Crippen LogP) is 3.00. The van der Waals surface area contributed by atoms with E-state index in [2.05, 4.69) is 0 Å². The third-order valence-electron chi connectivity index (χ3n) is 4.15. The minimum absolute atomic E-state index is 0.175. The number of aryl methyl sites for hydroxylation is 1. The lowest BCUT2D eigenvalue weighted by Crippen LogP contribution is -2.43. The van der Waals surface area contributed by atoms with E-state index >= 15 is 0 Å². The van der Waals surface area contributed by atoms with Gasteiger partial charge in [0.2, 0.25) is 10.0 Å². The number of rotatable bonds is 3. The molecule has 0 amide bonds. The molecule has 2 atom stereocenters. The van der Waals surface area contributed by atoms with Gasteiger partial charge in [0.1, 0.15) is 0 Å². The van der Waals surface area contributed by atoms with Crippen molar-refractivity contribution >= 4 is 33.5 Å². The van der Waals surface area contributed by atoms with Gasteiger partial charge in [-0.25, -0.2) is 8.42 Å². The van der Waals surface area contributed by atoms with Crippen LogP contribution >= 0.6 is 23.5 Å². The fourth-order valence-corrected chi connectivity index (χ4v) is 7.77. The molecular formula is C15H21NO2S3. The molecular weight excluding hydrogens is 322 g/mol. The van der Waals surface area contributed by atoms with Crippen molar-refractivity contribution in [2.24, 2.45) is 0 Å². The van der Waals surface area contributed by atoms with Crippen molar-refractivity contribution in [1.29, 1.82) is 0 Å². The Labute approximate surface area is 135 Å². The fraction of sp³-hybridized carbons (Fsp3) is 0.600. The second-order valence-corrected chi connectivity index (χ2v) is 10.0. The van der Waals surface area contributed by atoms with Crippen molar-refractivity contribution in [1.82, 2.24) is 4.31 Å². The summed E-state index contributed by atoms with van der Waals surface area (Å²) in [6, 6.07) is 7.41. The highest BCUT2D eigenvalue weighted by Gasteiger charge is 2.40. The quantitative estimate of drug-likeness (QED) is 0.845. The van der Waals surface area contributed by atoms with E-state index in [-0.39, 0.29) is 6.04 Å². The Bertz CT molecular complexity index is 579. The van der Waals surface area contributed by atoms with Crippen LogP contribution in [0.3, 0.4) is 0 Å². The largest absolute Gasteiger partial charge is 0.243 e. The Morgan fingerprint density at radius 1 is 1.19 bits per heavy atom. The average Bonchev–Trinajstić information content (AvgIpc) is 2.99. The third-order valence-corrected chi connectivity index (χ3v) is 8.99. The number of nitrogens with zero attached hydrogens (tertiary/aromatic N) is 1. The topological polar surface area (TPSA) is 37.4 Å². The molecule has 0 spiro atoms. The Kier molecular flexibility index (Phi) is 4.88. The van der Waals surface area contributed by atoms with E-state index in [0.717, 1.165) is 29.9 Å². The zero-order chi connectivity index (χ0) is 14.9. The Morgan fingerprint density at radius 2 is 1.95 bits per heavy atom. The summed E-state index contributed by atoms with van der Waals surface area (Å²) in [5, 5.41) is 0.450. The summed E-state index contributed by atoms with van der Waals surface area (Å²) in [6.07, 6.45) is 1.99. The van der Waals surface area contributed by atoms with Crippen LogP contribution in [-0.4, -0.2) is 47.8 Å². The van der Waals surface area contributed by atoms with Gasteiger partial charge in [-0.3, -0.25) is 0 Å². The summed E-state index contributed by atoms with van der Waals surface area (Å²) in [5.74, 6) is 3.41. The van der Waals surface area contributed by atoms with Crippen LogP contribution in [0.15, 0.2) is 29.2 Å². The maximum absolute atomic E-state index is 12.9. The summed E-state index contributed by atoms with van der Waals surface area (Å²) >= 11 is 3.91. The van der Waals surface area contributed by atoms with Crippen LogP contribution in [0.4, 0.5) is 0 Å². The molecule has 2 aliphatic rings. The lowest BCUT2D eigenvalue weighted by atomic mass is 10.2. The summed E-state index contributed by atoms with van der Waals surface area (Å²) in [4.78, 5) is 0.438. The number of hydrogen-bond donors (Lipinski definition) is 0. The van der Waals surface area contributed by atoms with E-state index in [4.69, 9.17) is 0 Å². The Morgan fingerprint density at radius 3 is 2.62 bits per heavy atom. The first-order valence-corrected chi connectivity index (χ1v) is 11.0. The monoisotopic (exact) mass is 343 g/mol. The molecule has 1 aromatic carbocycles. The van der Waals surface area contributed by atoms with E-state index in [9.17, 15) is 8.42 Å². The van der Waals surface area contributed by atoms with Gasteiger partial charge in [0.25, 0.3) is 0 Å². The van der Waals surface area contributed by atoms with Crippen molar-refractivity contribution in [3.8, 4) is 0 Å². The second-order valence-electron chi connectivity index (χ2n) is 5.62. The van der Waals surface area contributed by atoms with Gasteiger partial charge < -0.3 is 0 Å². The fourth-order valence-electron chi connectivity index (χ4n) is 3.01. The van der Waals surface area contributed by atoms with E-state index in [1.807, 2.05) is 42.6 Å². The molecule has 0 radical (unpaired) electrons. The smallest absolute Gasteiger partial charge is 0.207 e. The van der Waals surface area contributed by atoms with Crippen LogP contribution < -0.4 is 0 Å². The molecule has 2 fully saturated rings. The number of thioether (sulfide) groups is 2. The average molecular weight is 344 g/mol. The van der Waals surface area contributed by atoms with Crippen LogP contribution in [0.1, 0.15) is 18.4 Å². The van der Waals surface area contributed by atoms with Crippen LogP contribution in [0, 0.1) is 6.92 Å². The van der Waals surface area contributed by atoms with Crippen LogP contribution in [0.2, 0.25) is 0 Å². The second kappa shape index (κ2) is 6.52. The normalized spacial score (nSPS) is 27.9. The van der Waals surface area contributed by atoms with Gasteiger partial charge in [0.15, 0.2) is 0 Å². The van der Waals surface area contributed by atoms with Gasteiger partial charge >= 0.3 is 0 Å². The standard InChI is InChI=1S/C15H21NO2S3/c1-12-4-6-13(7-5-12)21(17,18)16-8-2-3-14(16)15-11-19-9-10-20-15/h4-7,14-15H,2-3,8-11H2,1H3/t14-,15?/m0/s1. The van der Waals surface area contributed by atoms with Crippen molar-refractivity contribution in [3.05, 3.63) is 29.8 Å². The molecule has 0 aromatic heterocycles. The molecule has 3 nitrogen and oxygen atoms in total. The minimum atomic E-state index is -3.34. The first kappa shape index (κ1) is 15.7. The molecule has 2 saturated heterocycles. The van der Waals surface area contributed by atoms with Crippen molar-refractivity contribution < 1.29 is 8.42 Å². The molecule has 0 aliphatic carbocycles. The highest BCUT2D eigenvalue weighted by Crippen LogP contribution is 2.36. The summed E-state index contributed by atoms with van der Waals surface area (Å²) < 4.78 is 27.6. The molecule has 1 aromatic rings. The number of hydrogen-bond acceptors (Lipinski definition) is 4. The molecule has 0 saturated carbocycles. The first-order valence-electron chi connectivity index (χ1n) is 7.37. The molecule has 0 bridgehead atoms. The van der Waals surface area contributed by atoms with E-state index < -0.39 is 10.0 Å². The van der Waals surface area contributed by atoms with Gasteiger partial charge in [-0.1, -0.05) is 17.7 Å². The van der Waals surface area contributed by atoms with Gasteiger partial charge in [0.05, 0.1) is 4.90 Å². The third kappa shape index (κ3) is 3.28. The highest BCUT2D eigenvalue weighted by atomic mass is 32.2. The lowest BCUT2D eigenvalue weighted by molar-refractivity contribution is 0.387. The first-order chi connectivity index (χ1) is 10.1. The summed E-state index contributed by atoms with van der Waals surface area (Å²) in [6.45, 7) is 2.65. The molecule has 2 aliphatic heterocycles. The van der Waals surface area contributed by atoms with Crippen molar-refractivity contribution in [2.45, 2.75) is 36.0 Å². The molecule has 0 N–H and O–H groups in total. The Balaban J connectivity index is 1.84. The van der Waals surface area contributed by atoms with Gasteiger partial charge in [0, 0.05) is 35.1 Å². The summed E-state index contributed by atoms with van der Waals surface area (Å²) in [5.41, 5.74) is 1.09. The molecule has 2 heterocycles. The predicted molar refractivity (Wildman–Crippen MR) is 91.7 cm³/mol. The maximum Gasteiger partial charge on any atom is 0.243 e. The molecule has 21 heavy (non-hydrogen) atoms. The molecule has 3 rings (SSSR count). The van der Waals surface area contributed by atoms with Crippen molar-refractivity contribution in [2.75, 3.05) is 23.8 Å². The van der Waals surface area contributed by atoms with E-state index in [1.165, 1.54) is 5.75 Å². The molecule has 6 heteroatoms. The van der Waals surface area contributed by atoms with E-state index in [1.54, 1.807) is 16.4 Å². The lowest BCUT2D eigenvalue weighted by Gasteiger charge is -2.32. The molecule has 1 unspecified atom stereocenters. The number of benzene rings is 1. The zero-order valence-electron chi connectivity index (χ0n) is 12.2. The maximum atomic E-state index is 12.9. The van der Waals surface area contributed by atoms with Gasteiger partial charge in [-0.15, -0.1) is 0 Å². The minimum Gasteiger partial charge on any atom is -0.207 e. The highest BCUT2D eigenvalue weighted by molar-refractivity contribution is 8.06.